The van der Waals surface area contributed by atoms with Gasteiger partial charge in [-0.1, -0.05) is 18.5 Å². The Morgan fingerprint density at radius 2 is 2.04 bits per heavy atom. The first kappa shape index (κ1) is 18.4. The normalized spacial score (nSPS) is 10.3. The highest BCUT2D eigenvalue weighted by Crippen LogP contribution is 2.35. The Labute approximate surface area is 150 Å². The Morgan fingerprint density at radius 3 is 2.67 bits per heavy atom. The molecule has 0 aliphatic carbocycles. The van der Waals surface area contributed by atoms with Gasteiger partial charge in [-0.25, -0.2) is 9.78 Å². The van der Waals surface area contributed by atoms with Gasteiger partial charge in [-0.3, -0.25) is 0 Å². The lowest BCUT2D eigenvalue weighted by atomic mass is 10.2. The molecule has 0 unspecified atom stereocenters. The first-order chi connectivity index (χ1) is 11.6. The maximum absolute atomic E-state index is 12.0. The monoisotopic (exact) mass is 369 g/mol. The molecule has 24 heavy (non-hydrogen) atoms. The second-order valence-electron chi connectivity index (χ2n) is 4.90. The number of aromatic nitrogens is 1. The fourth-order valence-electron chi connectivity index (χ4n) is 2.05. The number of ether oxygens (including phenoxy) is 2. The van der Waals surface area contributed by atoms with Crippen molar-refractivity contribution in [3.8, 4) is 11.5 Å². The van der Waals surface area contributed by atoms with E-state index in [2.05, 4.69) is 22.5 Å². The zero-order valence-corrected chi connectivity index (χ0v) is 15.4. The largest absolute Gasteiger partial charge is 0.495 e. The summed E-state index contributed by atoms with van der Waals surface area (Å²) >= 11 is 7.68. The first-order valence-corrected chi connectivity index (χ1v) is 8.72. The molecule has 0 fully saturated rings. The summed E-state index contributed by atoms with van der Waals surface area (Å²) in [7, 11) is 3.02. The quantitative estimate of drug-likeness (QED) is 0.779. The summed E-state index contributed by atoms with van der Waals surface area (Å²) < 4.78 is 10.4. The number of nitrogens with one attached hydrogen (secondary N) is 2. The number of amides is 2. The van der Waals surface area contributed by atoms with Gasteiger partial charge in [-0.05, 0) is 6.42 Å². The molecule has 0 aliphatic heterocycles. The molecule has 0 saturated carbocycles. The molecule has 2 aromatic rings. The van der Waals surface area contributed by atoms with Crippen molar-refractivity contribution in [3.63, 3.8) is 0 Å². The Morgan fingerprint density at radius 1 is 1.29 bits per heavy atom. The molecule has 2 rings (SSSR count). The van der Waals surface area contributed by atoms with Crippen LogP contribution in [-0.4, -0.2) is 31.8 Å². The molecule has 0 spiro atoms. The van der Waals surface area contributed by atoms with Crippen LogP contribution in [0.1, 0.15) is 17.6 Å². The average Bonchev–Trinajstić information content (AvgIpc) is 3.04. The lowest BCUT2D eigenvalue weighted by Gasteiger charge is -2.13. The number of thiazole rings is 1. The van der Waals surface area contributed by atoms with Gasteiger partial charge in [-0.2, -0.15) is 0 Å². The summed E-state index contributed by atoms with van der Waals surface area (Å²) in [6.45, 7) is 2.56. The SMILES string of the molecule is CCc1nc(CCNC(=O)Nc2cc(OC)c(Cl)cc2OC)cs1. The summed E-state index contributed by atoms with van der Waals surface area (Å²) in [6, 6.07) is 2.88. The van der Waals surface area contributed by atoms with E-state index in [0.29, 0.717) is 35.2 Å². The highest BCUT2D eigenvalue weighted by Gasteiger charge is 2.12. The second-order valence-corrected chi connectivity index (χ2v) is 6.25. The van der Waals surface area contributed by atoms with E-state index in [1.165, 1.54) is 14.2 Å². The van der Waals surface area contributed by atoms with E-state index in [9.17, 15) is 4.79 Å². The van der Waals surface area contributed by atoms with Crippen molar-refractivity contribution in [1.29, 1.82) is 0 Å². The van der Waals surface area contributed by atoms with Crippen LogP contribution >= 0.6 is 22.9 Å². The van der Waals surface area contributed by atoms with E-state index in [1.807, 2.05) is 5.38 Å². The number of hydrogen-bond acceptors (Lipinski definition) is 5. The Hall–Kier alpha value is -1.99. The highest BCUT2D eigenvalue weighted by atomic mass is 35.5. The van der Waals surface area contributed by atoms with Crippen LogP contribution in [0.3, 0.4) is 0 Å². The smallest absolute Gasteiger partial charge is 0.319 e. The maximum atomic E-state index is 12.0. The fourth-order valence-corrected chi connectivity index (χ4v) is 3.06. The van der Waals surface area contributed by atoms with Gasteiger partial charge in [0.15, 0.2) is 0 Å². The molecule has 2 N–H and O–H groups in total. The molecule has 0 radical (unpaired) electrons. The molecule has 6 nitrogen and oxygen atoms in total. The van der Waals surface area contributed by atoms with Crippen LogP contribution in [0.5, 0.6) is 11.5 Å². The summed E-state index contributed by atoms with van der Waals surface area (Å²) in [6.07, 6.45) is 1.61. The van der Waals surface area contributed by atoms with Crippen molar-refractivity contribution < 1.29 is 14.3 Å². The number of halogens is 1. The molecule has 0 aliphatic rings. The topological polar surface area (TPSA) is 72.5 Å². The maximum Gasteiger partial charge on any atom is 0.319 e. The predicted octanol–water partition coefficient (Wildman–Crippen LogP) is 3.74. The number of nitrogens with zero attached hydrogens (tertiary/aromatic N) is 1. The Kier molecular flexibility index (Phi) is 6.69. The molecule has 1 heterocycles. The van der Waals surface area contributed by atoms with Crippen LogP contribution in [0.25, 0.3) is 0 Å². The van der Waals surface area contributed by atoms with E-state index in [0.717, 1.165) is 17.1 Å². The van der Waals surface area contributed by atoms with E-state index >= 15 is 0 Å². The fraction of sp³-hybridized carbons (Fsp3) is 0.375. The zero-order valence-electron chi connectivity index (χ0n) is 13.8. The number of hydrogen-bond donors (Lipinski definition) is 2. The minimum Gasteiger partial charge on any atom is -0.495 e. The summed E-state index contributed by atoms with van der Waals surface area (Å²) in [4.78, 5) is 16.5. The molecule has 130 valence electrons. The lowest BCUT2D eigenvalue weighted by Crippen LogP contribution is -2.30. The van der Waals surface area contributed by atoms with Gasteiger partial charge in [0, 0.05) is 30.5 Å². The Balaban J connectivity index is 1.91. The summed E-state index contributed by atoms with van der Waals surface area (Å²) in [5.74, 6) is 0.922. The van der Waals surface area contributed by atoms with Gasteiger partial charge >= 0.3 is 6.03 Å². The third-order valence-corrected chi connectivity index (χ3v) is 4.63. The van der Waals surface area contributed by atoms with Crippen LogP contribution in [0.2, 0.25) is 5.02 Å². The number of carbonyl (C=O) groups excluding carboxylic acids is 1. The predicted molar refractivity (Wildman–Crippen MR) is 96.8 cm³/mol. The zero-order chi connectivity index (χ0) is 17.5. The van der Waals surface area contributed by atoms with Crippen molar-refractivity contribution in [1.82, 2.24) is 10.3 Å². The number of anilines is 1. The molecule has 1 aromatic carbocycles. The van der Waals surface area contributed by atoms with Crippen molar-refractivity contribution in [2.45, 2.75) is 19.8 Å². The molecule has 1 aromatic heterocycles. The van der Waals surface area contributed by atoms with Crippen molar-refractivity contribution in [3.05, 3.63) is 33.2 Å². The molecule has 8 heteroatoms. The summed E-state index contributed by atoms with van der Waals surface area (Å²) in [5.41, 5.74) is 1.47. The third-order valence-electron chi connectivity index (χ3n) is 3.29. The molecule has 0 bridgehead atoms. The number of rotatable bonds is 7. The van der Waals surface area contributed by atoms with Crippen molar-refractivity contribution in [2.24, 2.45) is 0 Å². The highest BCUT2D eigenvalue weighted by molar-refractivity contribution is 7.09. The lowest BCUT2D eigenvalue weighted by molar-refractivity contribution is 0.252. The number of benzene rings is 1. The summed E-state index contributed by atoms with van der Waals surface area (Å²) in [5, 5.41) is 9.07. The average molecular weight is 370 g/mol. The number of methoxy groups -OCH3 is 2. The standard InChI is InChI=1S/C16H20ClN3O3S/c1-4-15-19-10(9-24-15)5-6-18-16(21)20-12-8-13(22-2)11(17)7-14(12)23-3/h7-9H,4-6H2,1-3H3,(H2,18,20,21). The minimum absolute atomic E-state index is 0.330. The van der Waals surface area contributed by atoms with Crippen LogP contribution < -0.4 is 20.1 Å². The van der Waals surface area contributed by atoms with Gasteiger partial charge in [0.05, 0.1) is 35.6 Å². The van der Waals surface area contributed by atoms with E-state index in [4.69, 9.17) is 21.1 Å². The number of aryl methyl sites for hydroxylation is 1. The van der Waals surface area contributed by atoms with E-state index < -0.39 is 0 Å². The first-order valence-electron chi connectivity index (χ1n) is 7.47. The number of carbonyl (C=O) groups is 1. The van der Waals surface area contributed by atoms with Gasteiger partial charge < -0.3 is 20.1 Å². The van der Waals surface area contributed by atoms with Gasteiger partial charge in [-0.15, -0.1) is 11.3 Å². The van der Waals surface area contributed by atoms with E-state index in [1.54, 1.807) is 23.5 Å². The van der Waals surface area contributed by atoms with Crippen molar-refractivity contribution in [2.75, 3.05) is 26.1 Å². The number of urea groups is 1. The molecule has 2 amide bonds. The van der Waals surface area contributed by atoms with Crippen LogP contribution in [0, 0.1) is 0 Å². The van der Waals surface area contributed by atoms with E-state index in [-0.39, 0.29) is 6.03 Å². The van der Waals surface area contributed by atoms with Gasteiger partial charge in [0.2, 0.25) is 0 Å². The van der Waals surface area contributed by atoms with Crippen LogP contribution in [0.15, 0.2) is 17.5 Å². The molecule has 0 atom stereocenters. The van der Waals surface area contributed by atoms with Crippen molar-refractivity contribution >= 4 is 34.7 Å². The molecular weight excluding hydrogens is 350 g/mol. The van der Waals surface area contributed by atoms with Crippen LogP contribution in [0.4, 0.5) is 10.5 Å². The van der Waals surface area contributed by atoms with Gasteiger partial charge in [0.1, 0.15) is 11.5 Å². The molecular formula is C16H20ClN3O3S. The Bertz CT molecular complexity index is 706. The second kappa shape index (κ2) is 8.75. The van der Waals surface area contributed by atoms with Crippen LogP contribution in [-0.2, 0) is 12.8 Å². The van der Waals surface area contributed by atoms with Gasteiger partial charge in [0.25, 0.3) is 0 Å². The third kappa shape index (κ3) is 4.75. The minimum atomic E-state index is -0.330. The molecule has 0 saturated heterocycles.